The van der Waals surface area contributed by atoms with Gasteiger partial charge >= 0.3 is 5.97 Å². The monoisotopic (exact) mass is 321 g/mol. The van der Waals surface area contributed by atoms with Gasteiger partial charge in [-0.1, -0.05) is 13.3 Å². The number of fused-ring (bicyclic) bond motifs is 2. The zero-order valence-corrected chi connectivity index (χ0v) is 14.2. The minimum atomic E-state index is -0.357. The molecule has 120 valence electrons. The first-order valence-corrected chi connectivity index (χ1v) is 8.88. The molecule has 0 radical (unpaired) electrons. The normalized spacial score (nSPS) is 26.2. The summed E-state index contributed by atoms with van der Waals surface area (Å²) < 4.78 is 4.91. The van der Waals surface area contributed by atoms with E-state index in [0.29, 0.717) is 16.5 Å². The van der Waals surface area contributed by atoms with Crippen LogP contribution in [0.1, 0.15) is 53.4 Å². The Labute approximate surface area is 135 Å². The van der Waals surface area contributed by atoms with Crippen LogP contribution in [0.2, 0.25) is 0 Å². The molecule has 3 atom stereocenters. The second-order valence-electron chi connectivity index (χ2n) is 6.46. The number of carbonyl (C=O) groups excluding carboxylic acids is 2. The van der Waals surface area contributed by atoms with E-state index >= 15 is 0 Å². The van der Waals surface area contributed by atoms with E-state index in [2.05, 4.69) is 5.32 Å². The third kappa shape index (κ3) is 2.56. The molecule has 2 saturated carbocycles. The number of methoxy groups -OCH3 is 1. The number of esters is 1. The number of aryl methyl sites for hydroxylation is 1. The maximum Gasteiger partial charge on any atom is 0.341 e. The highest BCUT2D eigenvalue weighted by molar-refractivity contribution is 7.16. The van der Waals surface area contributed by atoms with Crippen LogP contribution in [0.25, 0.3) is 0 Å². The summed E-state index contributed by atoms with van der Waals surface area (Å²) in [7, 11) is 1.39. The SMILES string of the molecule is CCc1c(C)sc(NC(=O)[C@H]2C[C@H]3CC[C@@H]2C3)c1C(=O)OC. The predicted octanol–water partition coefficient (Wildman–Crippen LogP) is 3.78. The minimum absolute atomic E-state index is 0.0845. The molecule has 0 unspecified atom stereocenters. The van der Waals surface area contributed by atoms with E-state index in [1.807, 2.05) is 13.8 Å². The molecule has 5 heteroatoms. The molecule has 22 heavy (non-hydrogen) atoms. The number of amides is 1. The standard InChI is InChI=1S/C17H23NO3S/c1-4-12-9(2)22-16(14(12)17(20)21-3)18-15(19)13-8-10-5-6-11(13)7-10/h10-11,13H,4-8H2,1-3H3,(H,18,19)/t10-,11+,13-/m0/s1. The van der Waals surface area contributed by atoms with Crippen molar-refractivity contribution in [2.24, 2.45) is 17.8 Å². The highest BCUT2D eigenvalue weighted by atomic mass is 32.1. The number of rotatable bonds is 4. The summed E-state index contributed by atoms with van der Waals surface area (Å²) in [5.74, 6) is 1.12. The van der Waals surface area contributed by atoms with E-state index in [0.717, 1.165) is 29.2 Å². The molecule has 4 nitrogen and oxygen atoms in total. The van der Waals surface area contributed by atoms with Crippen molar-refractivity contribution in [3.8, 4) is 0 Å². The lowest BCUT2D eigenvalue weighted by Crippen LogP contribution is -2.27. The molecule has 1 N–H and O–H groups in total. The van der Waals surface area contributed by atoms with E-state index in [4.69, 9.17) is 4.74 Å². The van der Waals surface area contributed by atoms with Gasteiger partial charge in [-0.25, -0.2) is 4.79 Å². The molecule has 0 saturated heterocycles. The number of hydrogen-bond donors (Lipinski definition) is 1. The van der Waals surface area contributed by atoms with E-state index < -0.39 is 0 Å². The minimum Gasteiger partial charge on any atom is -0.465 e. The van der Waals surface area contributed by atoms with Crippen molar-refractivity contribution in [2.45, 2.75) is 46.0 Å². The fourth-order valence-corrected chi connectivity index (χ4v) is 5.32. The predicted molar refractivity (Wildman–Crippen MR) is 87.3 cm³/mol. The summed E-state index contributed by atoms with van der Waals surface area (Å²) in [6.07, 6.45) is 5.42. The van der Waals surface area contributed by atoms with Gasteiger partial charge in [0.2, 0.25) is 5.91 Å². The van der Waals surface area contributed by atoms with Crippen LogP contribution in [-0.4, -0.2) is 19.0 Å². The third-order valence-corrected chi connectivity index (χ3v) is 6.33. The highest BCUT2D eigenvalue weighted by Gasteiger charge is 2.43. The van der Waals surface area contributed by atoms with Crippen molar-refractivity contribution in [1.29, 1.82) is 0 Å². The first-order valence-electron chi connectivity index (χ1n) is 8.06. The fourth-order valence-electron chi connectivity index (χ4n) is 4.18. The van der Waals surface area contributed by atoms with E-state index in [-0.39, 0.29) is 17.8 Å². The van der Waals surface area contributed by atoms with Crippen LogP contribution in [0.5, 0.6) is 0 Å². The largest absolute Gasteiger partial charge is 0.465 e. The maximum absolute atomic E-state index is 12.6. The van der Waals surface area contributed by atoms with Gasteiger partial charge in [0, 0.05) is 10.8 Å². The Morgan fingerprint density at radius 3 is 2.64 bits per heavy atom. The Morgan fingerprint density at radius 1 is 1.32 bits per heavy atom. The van der Waals surface area contributed by atoms with Gasteiger partial charge in [0.25, 0.3) is 0 Å². The Balaban J connectivity index is 1.82. The van der Waals surface area contributed by atoms with Gasteiger partial charge in [-0.3, -0.25) is 4.79 Å². The molecule has 0 aromatic carbocycles. The number of carbonyl (C=O) groups is 2. The van der Waals surface area contributed by atoms with E-state index in [1.165, 1.54) is 37.7 Å². The van der Waals surface area contributed by atoms with Gasteiger partial charge in [-0.15, -0.1) is 11.3 Å². The molecule has 0 aliphatic heterocycles. The van der Waals surface area contributed by atoms with Crippen LogP contribution in [0, 0.1) is 24.7 Å². The van der Waals surface area contributed by atoms with Crippen molar-refractivity contribution in [2.75, 3.05) is 12.4 Å². The van der Waals surface area contributed by atoms with Crippen molar-refractivity contribution in [3.63, 3.8) is 0 Å². The lowest BCUT2D eigenvalue weighted by molar-refractivity contribution is -0.121. The van der Waals surface area contributed by atoms with Gasteiger partial charge in [0.15, 0.2) is 0 Å². The van der Waals surface area contributed by atoms with Crippen molar-refractivity contribution >= 4 is 28.2 Å². The molecule has 2 aliphatic carbocycles. The fraction of sp³-hybridized carbons (Fsp3) is 0.647. The van der Waals surface area contributed by atoms with Gasteiger partial charge in [0.1, 0.15) is 5.00 Å². The van der Waals surface area contributed by atoms with Crippen molar-refractivity contribution in [3.05, 3.63) is 16.0 Å². The average Bonchev–Trinajstić information content (AvgIpc) is 3.20. The summed E-state index contributed by atoms with van der Waals surface area (Å²) in [4.78, 5) is 25.8. The van der Waals surface area contributed by atoms with Gasteiger partial charge in [-0.2, -0.15) is 0 Å². The number of ether oxygens (including phenoxy) is 1. The van der Waals surface area contributed by atoms with Gasteiger partial charge in [0.05, 0.1) is 12.7 Å². The Kier molecular flexibility index (Phi) is 4.26. The van der Waals surface area contributed by atoms with Crippen LogP contribution in [0.15, 0.2) is 0 Å². The number of thiophene rings is 1. The third-order valence-electron chi connectivity index (χ3n) is 5.26. The molecule has 2 bridgehead atoms. The topological polar surface area (TPSA) is 55.4 Å². The van der Waals surface area contributed by atoms with Crippen LogP contribution < -0.4 is 5.32 Å². The molecule has 2 aliphatic rings. The summed E-state index contributed by atoms with van der Waals surface area (Å²) in [6, 6.07) is 0. The van der Waals surface area contributed by atoms with Crippen molar-refractivity contribution in [1.82, 2.24) is 0 Å². The molecule has 1 heterocycles. The summed E-state index contributed by atoms with van der Waals surface area (Å²) in [5.41, 5.74) is 1.53. The van der Waals surface area contributed by atoms with Crippen LogP contribution >= 0.6 is 11.3 Å². The quantitative estimate of drug-likeness (QED) is 0.859. The lowest BCUT2D eigenvalue weighted by Gasteiger charge is -2.20. The second kappa shape index (κ2) is 6.03. The number of anilines is 1. The second-order valence-corrected chi connectivity index (χ2v) is 7.68. The molecular formula is C17H23NO3S. The molecule has 1 aromatic heterocycles. The van der Waals surface area contributed by atoms with E-state index in [9.17, 15) is 9.59 Å². The molecule has 1 amide bonds. The maximum atomic E-state index is 12.6. The summed E-state index contributed by atoms with van der Waals surface area (Å²) >= 11 is 1.48. The number of nitrogens with one attached hydrogen (secondary N) is 1. The zero-order chi connectivity index (χ0) is 15.9. The van der Waals surface area contributed by atoms with Crippen molar-refractivity contribution < 1.29 is 14.3 Å². The summed E-state index contributed by atoms with van der Waals surface area (Å²) in [5, 5.41) is 3.69. The van der Waals surface area contributed by atoms with Crippen LogP contribution in [0.3, 0.4) is 0 Å². The Hall–Kier alpha value is -1.36. The molecule has 2 fully saturated rings. The van der Waals surface area contributed by atoms with Gasteiger partial charge < -0.3 is 10.1 Å². The number of hydrogen-bond acceptors (Lipinski definition) is 4. The molecule has 3 rings (SSSR count). The van der Waals surface area contributed by atoms with E-state index in [1.54, 1.807) is 0 Å². The first-order chi connectivity index (χ1) is 10.5. The lowest BCUT2D eigenvalue weighted by atomic mass is 9.88. The first kappa shape index (κ1) is 15.5. The van der Waals surface area contributed by atoms with Gasteiger partial charge in [-0.05, 0) is 50.0 Å². The Morgan fingerprint density at radius 2 is 2.09 bits per heavy atom. The highest BCUT2D eigenvalue weighted by Crippen LogP contribution is 2.49. The van der Waals surface area contributed by atoms with Crippen LogP contribution in [-0.2, 0) is 16.0 Å². The van der Waals surface area contributed by atoms with Crippen LogP contribution in [0.4, 0.5) is 5.00 Å². The molecular weight excluding hydrogens is 298 g/mol. The average molecular weight is 321 g/mol. The Bertz CT molecular complexity index is 607. The smallest absolute Gasteiger partial charge is 0.341 e. The summed E-state index contributed by atoms with van der Waals surface area (Å²) in [6.45, 7) is 4.01. The molecule has 1 aromatic rings. The molecule has 0 spiro atoms. The zero-order valence-electron chi connectivity index (χ0n) is 13.4.